The van der Waals surface area contributed by atoms with E-state index >= 15 is 0 Å². The van der Waals surface area contributed by atoms with Gasteiger partial charge in [0.25, 0.3) is 0 Å². The highest BCUT2D eigenvalue weighted by Crippen LogP contribution is 2.51. The van der Waals surface area contributed by atoms with E-state index in [9.17, 15) is 5.11 Å². The molecule has 0 saturated heterocycles. The highest BCUT2D eigenvalue weighted by atomic mass is 79.9. The van der Waals surface area contributed by atoms with Gasteiger partial charge in [-0.15, -0.1) is 0 Å². The Hall–Kier alpha value is -1.01. The fourth-order valence-corrected chi connectivity index (χ4v) is 2.10. The van der Waals surface area contributed by atoms with Crippen LogP contribution >= 0.6 is 15.9 Å². The third-order valence-corrected chi connectivity index (χ3v) is 3.29. The Balaban J connectivity index is 2.54. The molecule has 0 heterocycles. The number of phenolic OH excluding ortho intramolecular Hbond substituents is 1. The molecule has 1 aromatic rings. The first-order valence-electron chi connectivity index (χ1n) is 4.09. The van der Waals surface area contributed by atoms with E-state index in [0.717, 1.165) is 18.4 Å². The molecule has 0 aliphatic heterocycles. The van der Waals surface area contributed by atoms with E-state index in [4.69, 9.17) is 5.26 Å². The predicted octanol–water partition coefficient (Wildman–Crippen LogP) is 2.71. The second kappa shape index (κ2) is 2.74. The van der Waals surface area contributed by atoms with Crippen LogP contribution in [-0.2, 0) is 5.41 Å². The average Bonchev–Trinajstić information content (AvgIpc) is 2.90. The Bertz CT molecular complexity index is 390. The molecule has 0 spiro atoms. The van der Waals surface area contributed by atoms with Crippen molar-refractivity contribution >= 4 is 15.9 Å². The molecule has 1 fully saturated rings. The van der Waals surface area contributed by atoms with Crippen LogP contribution in [0.25, 0.3) is 0 Å². The van der Waals surface area contributed by atoms with Crippen molar-refractivity contribution in [2.24, 2.45) is 0 Å². The summed E-state index contributed by atoms with van der Waals surface area (Å²) in [6.07, 6.45) is 1.79. The number of hydrogen-bond acceptors (Lipinski definition) is 2. The monoisotopic (exact) mass is 237 g/mol. The fourth-order valence-electron chi connectivity index (χ4n) is 1.46. The first-order valence-corrected chi connectivity index (χ1v) is 4.88. The van der Waals surface area contributed by atoms with Crippen molar-refractivity contribution < 1.29 is 5.11 Å². The number of hydrogen-bond donors (Lipinski definition) is 1. The zero-order valence-corrected chi connectivity index (χ0v) is 8.50. The van der Waals surface area contributed by atoms with Gasteiger partial charge >= 0.3 is 0 Å². The number of rotatable bonds is 1. The number of nitriles is 1. The van der Waals surface area contributed by atoms with Gasteiger partial charge in [-0.25, -0.2) is 0 Å². The number of benzene rings is 1. The third kappa shape index (κ3) is 1.22. The molecule has 1 aliphatic rings. The van der Waals surface area contributed by atoms with Gasteiger partial charge in [0.15, 0.2) is 0 Å². The zero-order valence-electron chi connectivity index (χ0n) is 6.92. The fraction of sp³-hybridized carbons (Fsp3) is 0.300. The first kappa shape index (κ1) is 8.58. The first-order chi connectivity index (χ1) is 6.19. The molecule has 1 saturated carbocycles. The number of nitrogens with zero attached hydrogens (tertiary/aromatic N) is 1. The number of aromatic hydroxyl groups is 1. The molecule has 0 amide bonds. The van der Waals surface area contributed by atoms with Gasteiger partial charge in [0.2, 0.25) is 0 Å². The summed E-state index contributed by atoms with van der Waals surface area (Å²) >= 11 is 3.30. The molecule has 0 aromatic heterocycles. The van der Waals surface area contributed by atoms with Crippen molar-refractivity contribution in [3.63, 3.8) is 0 Å². The van der Waals surface area contributed by atoms with Gasteiger partial charge in [-0.3, -0.25) is 0 Å². The lowest BCUT2D eigenvalue weighted by atomic mass is 9.98. The van der Waals surface area contributed by atoms with Gasteiger partial charge in [-0.1, -0.05) is 12.1 Å². The summed E-state index contributed by atoms with van der Waals surface area (Å²) in [5.74, 6) is 0.207. The van der Waals surface area contributed by atoms with Crippen LogP contribution in [-0.4, -0.2) is 5.11 Å². The molecule has 0 bridgehead atoms. The van der Waals surface area contributed by atoms with Gasteiger partial charge in [-0.2, -0.15) is 5.26 Å². The molecule has 66 valence electrons. The van der Waals surface area contributed by atoms with Crippen LogP contribution in [0, 0.1) is 11.3 Å². The van der Waals surface area contributed by atoms with Crippen molar-refractivity contribution in [2.75, 3.05) is 0 Å². The van der Waals surface area contributed by atoms with Crippen LogP contribution in [0.5, 0.6) is 5.75 Å². The van der Waals surface area contributed by atoms with Crippen LogP contribution in [0.4, 0.5) is 0 Å². The molecule has 2 nitrogen and oxygen atoms in total. The van der Waals surface area contributed by atoms with Crippen LogP contribution in [0.2, 0.25) is 0 Å². The number of phenols is 1. The highest BCUT2D eigenvalue weighted by molar-refractivity contribution is 9.10. The summed E-state index contributed by atoms with van der Waals surface area (Å²) in [6.45, 7) is 0. The normalized spacial score (nSPS) is 17.8. The standard InChI is InChI=1S/C10H8BrNO/c11-9-7(2-1-3-8(9)13)10(6-12)4-5-10/h1-3,13H,4-5H2. The maximum atomic E-state index is 9.43. The molecule has 1 aromatic carbocycles. The van der Waals surface area contributed by atoms with Gasteiger partial charge in [-0.05, 0) is 40.4 Å². The van der Waals surface area contributed by atoms with E-state index in [0.29, 0.717) is 4.47 Å². The quantitative estimate of drug-likeness (QED) is 0.817. The van der Waals surface area contributed by atoms with Gasteiger partial charge < -0.3 is 5.11 Å². The molecule has 0 unspecified atom stereocenters. The summed E-state index contributed by atoms with van der Waals surface area (Å²) in [5, 5.41) is 18.4. The highest BCUT2D eigenvalue weighted by Gasteiger charge is 2.46. The molecule has 1 aliphatic carbocycles. The Morgan fingerprint density at radius 1 is 1.46 bits per heavy atom. The molecule has 2 rings (SSSR count). The van der Waals surface area contributed by atoms with E-state index < -0.39 is 0 Å². The lowest BCUT2D eigenvalue weighted by Gasteiger charge is -2.09. The summed E-state index contributed by atoms with van der Waals surface area (Å²) in [7, 11) is 0. The number of halogens is 1. The predicted molar refractivity (Wildman–Crippen MR) is 52.3 cm³/mol. The van der Waals surface area contributed by atoms with E-state index in [1.54, 1.807) is 12.1 Å². The van der Waals surface area contributed by atoms with Crippen molar-refractivity contribution in [1.82, 2.24) is 0 Å². The Morgan fingerprint density at radius 3 is 2.69 bits per heavy atom. The molecule has 13 heavy (non-hydrogen) atoms. The van der Waals surface area contributed by atoms with Crippen molar-refractivity contribution in [3.8, 4) is 11.8 Å². The Labute approximate surface area is 84.9 Å². The van der Waals surface area contributed by atoms with E-state index in [-0.39, 0.29) is 11.2 Å². The van der Waals surface area contributed by atoms with Crippen molar-refractivity contribution in [2.45, 2.75) is 18.3 Å². The summed E-state index contributed by atoms with van der Waals surface area (Å²) in [6, 6.07) is 7.57. The molecule has 3 heteroatoms. The molecule has 0 atom stereocenters. The smallest absolute Gasteiger partial charge is 0.130 e. The summed E-state index contributed by atoms with van der Waals surface area (Å²) < 4.78 is 0.661. The van der Waals surface area contributed by atoms with E-state index in [1.165, 1.54) is 0 Å². The van der Waals surface area contributed by atoms with Crippen LogP contribution in [0.3, 0.4) is 0 Å². The lowest BCUT2D eigenvalue weighted by molar-refractivity contribution is 0.470. The van der Waals surface area contributed by atoms with E-state index in [2.05, 4.69) is 22.0 Å². The molecule has 0 radical (unpaired) electrons. The molecule has 1 N–H and O–H groups in total. The maximum absolute atomic E-state index is 9.43. The zero-order chi connectivity index (χ0) is 9.47. The minimum Gasteiger partial charge on any atom is -0.507 e. The summed E-state index contributed by atoms with van der Waals surface area (Å²) in [4.78, 5) is 0. The van der Waals surface area contributed by atoms with E-state index in [1.807, 2.05) is 6.07 Å². The largest absolute Gasteiger partial charge is 0.507 e. The second-order valence-electron chi connectivity index (χ2n) is 3.33. The Kier molecular flexibility index (Phi) is 1.81. The van der Waals surface area contributed by atoms with Crippen molar-refractivity contribution in [3.05, 3.63) is 28.2 Å². The average molecular weight is 238 g/mol. The van der Waals surface area contributed by atoms with Gasteiger partial charge in [0.1, 0.15) is 5.75 Å². The van der Waals surface area contributed by atoms with Gasteiger partial charge in [0, 0.05) is 0 Å². The van der Waals surface area contributed by atoms with Crippen LogP contribution < -0.4 is 0 Å². The second-order valence-corrected chi connectivity index (χ2v) is 4.13. The molecular formula is C10H8BrNO. The van der Waals surface area contributed by atoms with Crippen LogP contribution in [0.15, 0.2) is 22.7 Å². The minimum absolute atomic E-state index is 0.207. The maximum Gasteiger partial charge on any atom is 0.130 e. The Morgan fingerprint density at radius 2 is 2.15 bits per heavy atom. The SMILES string of the molecule is N#CC1(c2cccc(O)c2Br)CC1. The topological polar surface area (TPSA) is 44.0 Å². The van der Waals surface area contributed by atoms with Crippen molar-refractivity contribution in [1.29, 1.82) is 5.26 Å². The summed E-state index contributed by atoms with van der Waals surface area (Å²) in [5.41, 5.74) is 0.576. The minimum atomic E-state index is -0.336. The van der Waals surface area contributed by atoms with Crippen LogP contribution in [0.1, 0.15) is 18.4 Å². The molecular weight excluding hydrogens is 230 g/mol. The lowest BCUT2D eigenvalue weighted by Crippen LogP contribution is -2.03. The third-order valence-electron chi connectivity index (χ3n) is 2.46. The van der Waals surface area contributed by atoms with Gasteiger partial charge in [0.05, 0.1) is 16.0 Å².